The summed E-state index contributed by atoms with van der Waals surface area (Å²) in [5.41, 5.74) is 0. The van der Waals surface area contributed by atoms with Gasteiger partial charge < -0.3 is 0 Å². The van der Waals surface area contributed by atoms with Crippen molar-refractivity contribution in [3.05, 3.63) is 0 Å². The van der Waals surface area contributed by atoms with Gasteiger partial charge in [-0.2, -0.15) is 0 Å². The van der Waals surface area contributed by atoms with E-state index in [0.29, 0.717) is 0 Å². The van der Waals surface area contributed by atoms with Gasteiger partial charge in [0.25, 0.3) is 0 Å². The van der Waals surface area contributed by atoms with Gasteiger partial charge in [-0.3, -0.25) is 0 Å². The Labute approximate surface area is 92.2 Å². The SMILES string of the molecule is C[CH2][Sn+]([CH2]C)[CH2]CCCCC(C)C. The van der Waals surface area contributed by atoms with Gasteiger partial charge in [0.05, 0.1) is 0 Å². The second-order valence-electron chi connectivity index (χ2n) is 4.45. The van der Waals surface area contributed by atoms with Crippen LogP contribution >= 0.6 is 0 Å². The third kappa shape index (κ3) is 9.11. The summed E-state index contributed by atoms with van der Waals surface area (Å²) in [5, 5.41) is 0. The van der Waals surface area contributed by atoms with Crippen LogP contribution in [-0.2, 0) is 0 Å². The van der Waals surface area contributed by atoms with Crippen molar-refractivity contribution in [2.75, 3.05) is 0 Å². The molecule has 0 aromatic heterocycles. The zero-order valence-corrected chi connectivity index (χ0v) is 12.9. The fourth-order valence-electron chi connectivity index (χ4n) is 1.71. The van der Waals surface area contributed by atoms with Crippen molar-refractivity contribution in [2.45, 2.75) is 66.7 Å². The van der Waals surface area contributed by atoms with Crippen LogP contribution in [0.2, 0.25) is 13.3 Å². The Balaban J connectivity index is 3.14. The molecular weight excluding hydrogens is 263 g/mol. The summed E-state index contributed by atoms with van der Waals surface area (Å²) in [6.07, 6.45) is 5.96. The van der Waals surface area contributed by atoms with Crippen LogP contribution in [0.1, 0.15) is 53.4 Å². The maximum absolute atomic E-state index is 2.41. The van der Waals surface area contributed by atoms with Crippen molar-refractivity contribution >= 4 is 19.8 Å². The Morgan fingerprint density at radius 3 is 2.00 bits per heavy atom. The van der Waals surface area contributed by atoms with Crippen LogP contribution in [0.25, 0.3) is 0 Å². The van der Waals surface area contributed by atoms with E-state index in [0.717, 1.165) is 5.92 Å². The van der Waals surface area contributed by atoms with Gasteiger partial charge in [-0.25, -0.2) is 0 Å². The molecule has 0 radical (unpaired) electrons. The van der Waals surface area contributed by atoms with Crippen molar-refractivity contribution in [3.63, 3.8) is 0 Å². The molecular formula is C12H27Sn+. The second-order valence-corrected chi connectivity index (χ2v) is 14.2. The summed E-state index contributed by atoms with van der Waals surface area (Å²) in [5.74, 6) is 0.912. The Kier molecular flexibility index (Phi) is 9.93. The molecule has 0 spiro atoms. The van der Waals surface area contributed by atoms with E-state index in [4.69, 9.17) is 0 Å². The predicted molar refractivity (Wildman–Crippen MR) is 64.8 cm³/mol. The first-order valence-corrected chi connectivity index (χ1v) is 12.1. The molecule has 1 heteroatoms. The zero-order valence-electron chi connectivity index (χ0n) is 10.0. The Hall–Kier alpha value is 0.799. The normalized spacial score (nSPS) is 10.8. The molecule has 0 saturated heterocycles. The summed E-state index contributed by atoms with van der Waals surface area (Å²) in [7, 11) is 0. The quantitative estimate of drug-likeness (QED) is 0.447. The first kappa shape index (κ1) is 13.8. The number of hydrogen-bond donors (Lipinski definition) is 0. The molecule has 0 nitrogen and oxygen atoms in total. The van der Waals surface area contributed by atoms with Crippen LogP contribution in [0.5, 0.6) is 0 Å². The zero-order chi connectivity index (χ0) is 10.1. The molecule has 0 aliphatic rings. The van der Waals surface area contributed by atoms with Gasteiger partial charge in [0, 0.05) is 0 Å². The summed E-state index contributed by atoms with van der Waals surface area (Å²) in [6, 6.07) is 0. The van der Waals surface area contributed by atoms with Crippen LogP contribution in [0.15, 0.2) is 0 Å². The Morgan fingerprint density at radius 2 is 1.54 bits per heavy atom. The fourth-order valence-corrected chi connectivity index (χ4v) is 7.29. The van der Waals surface area contributed by atoms with E-state index in [1.54, 1.807) is 19.7 Å². The van der Waals surface area contributed by atoms with E-state index >= 15 is 0 Å². The van der Waals surface area contributed by atoms with E-state index in [-0.39, 0.29) is 0 Å². The van der Waals surface area contributed by atoms with E-state index in [9.17, 15) is 0 Å². The molecule has 0 bridgehead atoms. The summed E-state index contributed by atoms with van der Waals surface area (Å²) < 4.78 is 4.80. The van der Waals surface area contributed by atoms with Gasteiger partial charge in [0.15, 0.2) is 0 Å². The van der Waals surface area contributed by atoms with Gasteiger partial charge in [-0.05, 0) is 0 Å². The second kappa shape index (κ2) is 9.36. The Morgan fingerprint density at radius 1 is 0.923 bits per heavy atom. The van der Waals surface area contributed by atoms with Gasteiger partial charge in [-0.15, -0.1) is 0 Å². The van der Waals surface area contributed by atoms with E-state index in [1.165, 1.54) is 19.3 Å². The van der Waals surface area contributed by atoms with Gasteiger partial charge >= 0.3 is 92.4 Å². The van der Waals surface area contributed by atoms with Gasteiger partial charge in [0.2, 0.25) is 0 Å². The molecule has 13 heavy (non-hydrogen) atoms. The van der Waals surface area contributed by atoms with E-state index < -0.39 is 19.8 Å². The van der Waals surface area contributed by atoms with Crippen molar-refractivity contribution < 1.29 is 0 Å². The fraction of sp³-hybridized carbons (Fsp3) is 1.00. The predicted octanol–water partition coefficient (Wildman–Crippen LogP) is 4.74. The number of hydrogen-bond acceptors (Lipinski definition) is 0. The van der Waals surface area contributed by atoms with Crippen LogP contribution < -0.4 is 0 Å². The minimum absolute atomic E-state index is 0.783. The maximum atomic E-state index is 2.41. The molecule has 0 aromatic carbocycles. The van der Waals surface area contributed by atoms with Crippen LogP contribution in [0, 0.1) is 5.92 Å². The summed E-state index contributed by atoms with van der Waals surface area (Å²) in [6.45, 7) is 9.48. The Bertz CT molecular complexity index is 95.3. The number of unbranched alkanes of at least 4 members (excludes halogenated alkanes) is 2. The van der Waals surface area contributed by atoms with Crippen molar-refractivity contribution in [3.8, 4) is 0 Å². The molecule has 0 rings (SSSR count). The molecule has 0 aromatic rings. The first-order chi connectivity index (χ1) is 6.20. The summed E-state index contributed by atoms with van der Waals surface area (Å²) >= 11 is -0.783. The average molecular weight is 290 g/mol. The molecule has 0 heterocycles. The molecule has 0 amide bonds. The third-order valence-corrected chi connectivity index (χ3v) is 11.5. The van der Waals surface area contributed by atoms with Gasteiger partial charge in [0.1, 0.15) is 0 Å². The van der Waals surface area contributed by atoms with Crippen LogP contribution in [0.4, 0.5) is 0 Å². The first-order valence-electron chi connectivity index (χ1n) is 6.04. The van der Waals surface area contributed by atoms with Crippen LogP contribution in [0.3, 0.4) is 0 Å². The molecule has 0 atom stereocenters. The topological polar surface area (TPSA) is 0 Å². The molecule has 0 N–H and O–H groups in total. The third-order valence-electron chi connectivity index (χ3n) is 2.81. The standard InChI is InChI=1S/C8H17.2C2H5.Sn/c1-4-5-6-7-8(2)3;2*1-2;/h8H,1,4-7H2,2-3H3;2*1H2,2H3;/q;;;+1. The van der Waals surface area contributed by atoms with Crippen LogP contribution in [-0.4, -0.2) is 19.8 Å². The molecule has 0 unspecified atom stereocenters. The molecule has 0 aliphatic heterocycles. The molecule has 78 valence electrons. The molecule has 0 saturated carbocycles. The van der Waals surface area contributed by atoms with Crippen molar-refractivity contribution in [1.82, 2.24) is 0 Å². The monoisotopic (exact) mass is 291 g/mol. The average Bonchev–Trinajstić information content (AvgIpc) is 2.11. The number of rotatable bonds is 8. The van der Waals surface area contributed by atoms with E-state index in [1.807, 2.05) is 0 Å². The minimum atomic E-state index is -0.783. The molecule has 0 aliphatic carbocycles. The van der Waals surface area contributed by atoms with Gasteiger partial charge in [-0.1, -0.05) is 0 Å². The van der Waals surface area contributed by atoms with Crippen molar-refractivity contribution in [2.24, 2.45) is 5.92 Å². The molecule has 0 fully saturated rings. The van der Waals surface area contributed by atoms with Crippen molar-refractivity contribution in [1.29, 1.82) is 0 Å². The van der Waals surface area contributed by atoms with E-state index in [2.05, 4.69) is 27.7 Å². The summed E-state index contributed by atoms with van der Waals surface area (Å²) in [4.78, 5) is 0.